The van der Waals surface area contributed by atoms with Crippen molar-refractivity contribution in [2.45, 2.75) is 78.9 Å². The number of phosphoric acid groups is 1. The first-order valence-corrected chi connectivity index (χ1v) is 12.5. The Morgan fingerprint density at radius 2 is 1.62 bits per heavy atom. The molecule has 0 amide bonds. The van der Waals surface area contributed by atoms with Crippen molar-refractivity contribution in [3.63, 3.8) is 0 Å². The van der Waals surface area contributed by atoms with Gasteiger partial charge in [0.2, 0.25) is 6.29 Å². The van der Waals surface area contributed by atoms with E-state index in [0.717, 1.165) is 7.11 Å². The predicted octanol–water partition coefficient (Wildman–Crippen LogP) is 2.34. The molecular formula is C21H40NO11P. The Hall–Kier alpha value is -1.76. The predicted molar refractivity (Wildman–Crippen MR) is 127 cm³/mol. The van der Waals surface area contributed by atoms with Gasteiger partial charge in [0.05, 0.1) is 12.3 Å². The van der Waals surface area contributed by atoms with Gasteiger partial charge in [0.15, 0.2) is 6.10 Å². The monoisotopic (exact) mass is 513 g/mol. The fourth-order valence-electron chi connectivity index (χ4n) is 2.45. The summed E-state index contributed by atoms with van der Waals surface area (Å²) in [4.78, 5) is 20.4. The fraction of sp³-hybridized carbons (Fsp3) is 0.667. The Balaban J connectivity index is 0. The lowest BCUT2D eigenvalue weighted by molar-refractivity contribution is -0.271. The molecule has 0 bridgehead atoms. The molecule has 0 radical (unpaired) electrons. The number of aliphatic hydroxyl groups excluding tert-OH is 3. The number of aliphatic hydroxyl groups is 3. The van der Waals surface area contributed by atoms with E-state index in [-0.39, 0.29) is 12.4 Å². The van der Waals surface area contributed by atoms with Crippen LogP contribution in [0.25, 0.3) is 0 Å². The number of anilines is 1. The summed E-state index contributed by atoms with van der Waals surface area (Å²) in [5.41, 5.74) is 0.835. The Bertz CT molecular complexity index is 749. The van der Waals surface area contributed by atoms with Crippen molar-refractivity contribution in [1.82, 2.24) is 0 Å². The Morgan fingerprint density at radius 1 is 1.06 bits per heavy atom. The molecule has 6 unspecified atom stereocenters. The van der Waals surface area contributed by atoms with Gasteiger partial charge in [0.1, 0.15) is 24.1 Å². The average molecular weight is 514 g/mol. The minimum atomic E-state index is -4.15. The van der Waals surface area contributed by atoms with Crippen molar-refractivity contribution in [2.24, 2.45) is 0 Å². The number of carboxylic acids is 1. The number of ether oxygens (including phenoxy) is 2. The molecule has 0 spiro atoms. The van der Waals surface area contributed by atoms with Gasteiger partial charge in [0, 0.05) is 14.2 Å². The van der Waals surface area contributed by atoms with E-state index in [4.69, 9.17) is 19.1 Å². The third-order valence-corrected chi connectivity index (χ3v) is 4.91. The van der Waals surface area contributed by atoms with Gasteiger partial charge in [-0.05, 0) is 17.7 Å². The molecule has 0 saturated carbocycles. The number of benzene rings is 1. The standard InChI is InChI=1S/C15H22NO11P.3C2H6/c1-16-8-5-7(6-25-28(22,23)24-2)3-4-9(8)26-15-12(19)10(17)11(18)13(27-15)14(20)21;3*1-2/h3-5,10-13,15-19H,6H2,1-2H3,(H,20,21)(H,22,23);3*1-2H3. The molecule has 6 N–H and O–H groups in total. The molecule has 6 atom stereocenters. The zero-order valence-electron chi connectivity index (χ0n) is 21.0. The molecule has 0 aliphatic carbocycles. The fourth-order valence-corrected chi connectivity index (χ4v) is 2.87. The first kappa shape index (κ1) is 34.4. The minimum Gasteiger partial charge on any atom is -0.479 e. The molecule has 1 aliphatic heterocycles. The van der Waals surface area contributed by atoms with Gasteiger partial charge in [-0.15, -0.1) is 0 Å². The average Bonchev–Trinajstić information content (AvgIpc) is 2.87. The number of nitrogens with one attached hydrogen (secondary N) is 1. The van der Waals surface area contributed by atoms with Gasteiger partial charge >= 0.3 is 13.8 Å². The maximum Gasteiger partial charge on any atom is 0.472 e. The number of phosphoric ester groups is 1. The molecule has 13 heteroatoms. The number of rotatable bonds is 8. The van der Waals surface area contributed by atoms with Crippen molar-refractivity contribution < 1.29 is 53.2 Å². The van der Waals surface area contributed by atoms with Gasteiger partial charge in [-0.3, -0.25) is 9.05 Å². The van der Waals surface area contributed by atoms with E-state index >= 15 is 0 Å². The summed E-state index contributed by atoms with van der Waals surface area (Å²) in [5.74, 6) is -1.40. The van der Waals surface area contributed by atoms with Crippen LogP contribution in [0.2, 0.25) is 0 Å². The first-order valence-electron chi connectivity index (χ1n) is 11.0. The van der Waals surface area contributed by atoms with Crippen LogP contribution in [0.1, 0.15) is 47.1 Å². The van der Waals surface area contributed by atoms with Gasteiger partial charge in [-0.2, -0.15) is 0 Å². The maximum absolute atomic E-state index is 11.4. The van der Waals surface area contributed by atoms with E-state index in [2.05, 4.69) is 9.84 Å². The number of carbonyl (C=O) groups is 1. The zero-order chi connectivity index (χ0) is 27.1. The second-order valence-electron chi connectivity index (χ2n) is 5.86. The quantitative estimate of drug-likeness (QED) is 0.279. The third kappa shape index (κ3) is 10.2. The highest BCUT2D eigenvalue weighted by molar-refractivity contribution is 7.47. The van der Waals surface area contributed by atoms with Crippen LogP contribution in [0.15, 0.2) is 18.2 Å². The van der Waals surface area contributed by atoms with E-state index in [0.29, 0.717) is 11.3 Å². The van der Waals surface area contributed by atoms with Crippen LogP contribution in [0, 0.1) is 0 Å². The van der Waals surface area contributed by atoms with Crippen LogP contribution in [0.3, 0.4) is 0 Å². The summed E-state index contributed by atoms with van der Waals surface area (Å²) < 4.78 is 31.0. The van der Waals surface area contributed by atoms with Crippen molar-refractivity contribution in [3.8, 4) is 5.75 Å². The molecular weight excluding hydrogens is 473 g/mol. The molecule has 2 rings (SSSR count). The third-order valence-electron chi connectivity index (χ3n) is 3.99. The van der Waals surface area contributed by atoms with E-state index < -0.39 is 44.5 Å². The summed E-state index contributed by atoms with van der Waals surface area (Å²) >= 11 is 0. The lowest BCUT2D eigenvalue weighted by Gasteiger charge is -2.38. The van der Waals surface area contributed by atoms with Crippen LogP contribution in [0.4, 0.5) is 5.69 Å². The molecule has 1 aromatic carbocycles. The SMILES string of the molecule is CC.CC.CC.CNc1cc(COP(=O)(O)OC)ccc1OC1OC(C(=O)O)C(O)C(O)C1O. The lowest BCUT2D eigenvalue weighted by Crippen LogP contribution is -2.61. The number of carboxylic acid groups (broad SMARTS) is 1. The maximum atomic E-state index is 11.4. The van der Waals surface area contributed by atoms with Crippen molar-refractivity contribution in [1.29, 1.82) is 0 Å². The summed E-state index contributed by atoms with van der Waals surface area (Å²) in [6, 6.07) is 4.42. The summed E-state index contributed by atoms with van der Waals surface area (Å²) in [6.45, 7) is 11.8. The molecule has 34 heavy (non-hydrogen) atoms. The van der Waals surface area contributed by atoms with Crippen LogP contribution < -0.4 is 10.1 Å². The van der Waals surface area contributed by atoms with Gasteiger partial charge < -0.3 is 40.1 Å². The lowest BCUT2D eigenvalue weighted by atomic mass is 9.99. The zero-order valence-corrected chi connectivity index (χ0v) is 21.9. The van der Waals surface area contributed by atoms with Crippen LogP contribution in [-0.2, 0) is 29.8 Å². The summed E-state index contributed by atoms with van der Waals surface area (Å²) in [7, 11) is -1.57. The Kier molecular flexibility index (Phi) is 17.9. The molecule has 1 fully saturated rings. The Labute approximate surface area is 201 Å². The number of aliphatic carboxylic acids is 1. The summed E-state index contributed by atoms with van der Waals surface area (Å²) in [6.07, 6.45) is -8.69. The molecule has 200 valence electrons. The van der Waals surface area contributed by atoms with E-state index in [9.17, 15) is 29.6 Å². The Morgan fingerprint density at radius 3 is 2.09 bits per heavy atom. The smallest absolute Gasteiger partial charge is 0.472 e. The minimum absolute atomic E-state index is 0.127. The second kappa shape index (κ2) is 17.6. The molecule has 1 heterocycles. The van der Waals surface area contributed by atoms with Crippen LogP contribution in [0.5, 0.6) is 5.75 Å². The van der Waals surface area contributed by atoms with Crippen molar-refractivity contribution >= 4 is 19.5 Å². The number of hydrogen-bond donors (Lipinski definition) is 6. The van der Waals surface area contributed by atoms with Gasteiger partial charge in [-0.25, -0.2) is 9.36 Å². The van der Waals surface area contributed by atoms with Crippen LogP contribution in [-0.4, -0.2) is 76.2 Å². The van der Waals surface area contributed by atoms with Crippen molar-refractivity contribution in [3.05, 3.63) is 23.8 Å². The highest BCUT2D eigenvalue weighted by Crippen LogP contribution is 2.43. The highest BCUT2D eigenvalue weighted by atomic mass is 31.2. The molecule has 0 aromatic heterocycles. The normalized spacial score (nSPS) is 25.0. The van der Waals surface area contributed by atoms with E-state index in [1.54, 1.807) is 7.05 Å². The van der Waals surface area contributed by atoms with Crippen LogP contribution >= 0.6 is 7.82 Å². The summed E-state index contributed by atoms with van der Waals surface area (Å²) in [5, 5.41) is 41.4. The van der Waals surface area contributed by atoms with Gasteiger partial charge in [0.25, 0.3) is 0 Å². The highest BCUT2D eigenvalue weighted by Gasteiger charge is 2.48. The van der Waals surface area contributed by atoms with Crippen molar-refractivity contribution in [2.75, 3.05) is 19.5 Å². The molecule has 1 saturated heterocycles. The topological polar surface area (TPSA) is 184 Å². The van der Waals surface area contributed by atoms with E-state index in [1.165, 1.54) is 18.2 Å². The largest absolute Gasteiger partial charge is 0.479 e. The molecule has 1 aromatic rings. The van der Waals surface area contributed by atoms with Gasteiger partial charge in [-0.1, -0.05) is 47.6 Å². The number of hydrogen-bond acceptors (Lipinski definition) is 10. The first-order chi connectivity index (χ1) is 16.1. The second-order valence-corrected chi connectivity index (χ2v) is 7.42. The molecule has 1 aliphatic rings. The molecule has 12 nitrogen and oxygen atoms in total. The van der Waals surface area contributed by atoms with E-state index in [1.807, 2.05) is 41.5 Å².